The minimum atomic E-state index is -1.08. The number of phenolic OH excluding ortho intramolecular Hbond substituents is 2. The number of allylic oxidation sites excluding steroid dienone is 1. The molecule has 0 amide bonds. The molecule has 0 saturated carbocycles. The number of rotatable bonds is 7. The first kappa shape index (κ1) is 18.9. The van der Waals surface area contributed by atoms with Crippen molar-refractivity contribution in [2.75, 3.05) is 14.2 Å². The minimum absolute atomic E-state index is 0.000919. The van der Waals surface area contributed by atoms with Crippen molar-refractivity contribution in [3.05, 3.63) is 65.8 Å². The van der Waals surface area contributed by atoms with E-state index in [1.807, 2.05) is 0 Å². The zero-order chi connectivity index (χ0) is 19.3. The zero-order valence-electron chi connectivity index (χ0n) is 14.5. The van der Waals surface area contributed by atoms with E-state index >= 15 is 0 Å². The van der Waals surface area contributed by atoms with Gasteiger partial charge in [0.1, 0.15) is 0 Å². The summed E-state index contributed by atoms with van der Waals surface area (Å²) in [5, 5.41) is 29.1. The normalized spacial score (nSPS) is 11.9. The molecular formula is C20H20O6. The van der Waals surface area contributed by atoms with Crippen molar-refractivity contribution < 1.29 is 29.6 Å². The second kappa shape index (κ2) is 8.11. The van der Waals surface area contributed by atoms with E-state index in [-0.39, 0.29) is 17.2 Å². The van der Waals surface area contributed by atoms with Crippen molar-refractivity contribution in [2.24, 2.45) is 0 Å². The average Bonchev–Trinajstić information content (AvgIpc) is 2.63. The van der Waals surface area contributed by atoms with E-state index in [2.05, 4.69) is 6.58 Å². The number of methoxy groups -OCH3 is 2. The molecule has 1 atom stereocenters. The van der Waals surface area contributed by atoms with Crippen molar-refractivity contribution >= 4 is 12.0 Å². The number of phenols is 2. The fourth-order valence-electron chi connectivity index (χ4n) is 2.64. The van der Waals surface area contributed by atoms with Crippen molar-refractivity contribution in [3.8, 4) is 23.0 Å². The van der Waals surface area contributed by atoms with Gasteiger partial charge in [-0.3, -0.25) is 0 Å². The summed E-state index contributed by atoms with van der Waals surface area (Å²) in [6.07, 6.45) is 4.04. The van der Waals surface area contributed by atoms with Crippen LogP contribution in [0.2, 0.25) is 0 Å². The molecule has 6 heteroatoms. The van der Waals surface area contributed by atoms with Gasteiger partial charge < -0.3 is 24.8 Å². The first-order valence-electron chi connectivity index (χ1n) is 7.72. The van der Waals surface area contributed by atoms with E-state index in [1.165, 1.54) is 32.4 Å². The molecule has 2 aromatic rings. The van der Waals surface area contributed by atoms with Gasteiger partial charge in [-0.15, -0.1) is 6.58 Å². The van der Waals surface area contributed by atoms with Gasteiger partial charge >= 0.3 is 5.97 Å². The van der Waals surface area contributed by atoms with Crippen LogP contribution < -0.4 is 9.47 Å². The third kappa shape index (κ3) is 3.97. The third-order valence-electron chi connectivity index (χ3n) is 3.90. The number of hydrogen-bond acceptors (Lipinski definition) is 5. The highest BCUT2D eigenvalue weighted by molar-refractivity contribution is 5.85. The second-order valence-electron chi connectivity index (χ2n) is 5.48. The van der Waals surface area contributed by atoms with Crippen LogP contribution in [0.3, 0.4) is 0 Å². The fourth-order valence-corrected chi connectivity index (χ4v) is 2.64. The molecule has 0 saturated heterocycles. The summed E-state index contributed by atoms with van der Waals surface area (Å²) >= 11 is 0. The Morgan fingerprint density at radius 3 is 2.38 bits per heavy atom. The summed E-state index contributed by atoms with van der Waals surface area (Å²) in [5.74, 6) is -1.08. The molecule has 26 heavy (non-hydrogen) atoms. The molecule has 1 unspecified atom stereocenters. The standard InChI is InChI=1S/C20H20O6/c1-4-14(13-6-7-16(21)17(11-13)25-2)15-9-12(5-8-19(22)23)10-18(26-3)20(15)24/h4-11,14,21,24H,1H2,2-3H3,(H,22,23). The van der Waals surface area contributed by atoms with Gasteiger partial charge in [-0.25, -0.2) is 4.79 Å². The van der Waals surface area contributed by atoms with Crippen molar-refractivity contribution in [1.29, 1.82) is 0 Å². The zero-order valence-corrected chi connectivity index (χ0v) is 14.5. The summed E-state index contributed by atoms with van der Waals surface area (Å²) in [5.41, 5.74) is 1.76. The second-order valence-corrected chi connectivity index (χ2v) is 5.48. The van der Waals surface area contributed by atoms with Gasteiger partial charge in [0.25, 0.3) is 0 Å². The molecule has 0 aliphatic rings. The molecule has 3 N–H and O–H groups in total. The first-order chi connectivity index (χ1) is 12.4. The van der Waals surface area contributed by atoms with Crippen molar-refractivity contribution in [1.82, 2.24) is 0 Å². The monoisotopic (exact) mass is 356 g/mol. The van der Waals surface area contributed by atoms with Crippen LogP contribution in [0.25, 0.3) is 6.08 Å². The smallest absolute Gasteiger partial charge is 0.328 e. The molecule has 2 rings (SSSR count). The minimum Gasteiger partial charge on any atom is -0.504 e. The highest BCUT2D eigenvalue weighted by Gasteiger charge is 2.20. The lowest BCUT2D eigenvalue weighted by molar-refractivity contribution is -0.131. The van der Waals surface area contributed by atoms with Gasteiger partial charge in [0.05, 0.1) is 14.2 Å². The van der Waals surface area contributed by atoms with E-state index in [9.17, 15) is 15.0 Å². The van der Waals surface area contributed by atoms with Crippen molar-refractivity contribution in [3.63, 3.8) is 0 Å². The van der Waals surface area contributed by atoms with Crippen LogP contribution in [0, 0.1) is 0 Å². The largest absolute Gasteiger partial charge is 0.504 e. The third-order valence-corrected chi connectivity index (χ3v) is 3.90. The van der Waals surface area contributed by atoms with Gasteiger partial charge in [0.2, 0.25) is 0 Å². The number of carboxylic acids is 1. The Morgan fingerprint density at radius 1 is 1.12 bits per heavy atom. The Kier molecular flexibility index (Phi) is 5.90. The molecule has 0 heterocycles. The van der Waals surface area contributed by atoms with Crippen LogP contribution in [0.5, 0.6) is 23.0 Å². The topological polar surface area (TPSA) is 96.2 Å². The van der Waals surface area contributed by atoms with Crippen LogP contribution in [-0.2, 0) is 4.79 Å². The van der Waals surface area contributed by atoms with E-state index in [0.29, 0.717) is 16.9 Å². The first-order valence-corrected chi connectivity index (χ1v) is 7.72. The van der Waals surface area contributed by atoms with E-state index in [4.69, 9.17) is 14.6 Å². The summed E-state index contributed by atoms with van der Waals surface area (Å²) < 4.78 is 10.3. The Labute approximate surface area is 151 Å². The Balaban J connectivity index is 2.60. The molecule has 0 aromatic heterocycles. The number of hydrogen-bond donors (Lipinski definition) is 3. The maximum absolute atomic E-state index is 10.8. The van der Waals surface area contributed by atoms with Gasteiger partial charge in [-0.05, 0) is 41.5 Å². The molecule has 0 radical (unpaired) electrons. The highest BCUT2D eigenvalue weighted by Crippen LogP contribution is 2.41. The quantitative estimate of drug-likeness (QED) is 0.519. The Bertz CT molecular complexity index is 854. The molecule has 0 aliphatic heterocycles. The van der Waals surface area contributed by atoms with Crippen LogP contribution in [0.15, 0.2) is 49.1 Å². The van der Waals surface area contributed by atoms with Crippen LogP contribution >= 0.6 is 0 Å². The summed E-state index contributed by atoms with van der Waals surface area (Å²) in [6.45, 7) is 3.82. The Hall–Kier alpha value is -3.41. The Morgan fingerprint density at radius 2 is 1.81 bits per heavy atom. The summed E-state index contributed by atoms with van der Waals surface area (Å²) in [6, 6.07) is 8.02. The lowest BCUT2D eigenvalue weighted by Crippen LogP contribution is -2.01. The van der Waals surface area contributed by atoms with E-state index in [0.717, 1.165) is 11.6 Å². The number of carboxylic acid groups (broad SMARTS) is 1. The molecule has 2 aromatic carbocycles. The number of carbonyl (C=O) groups is 1. The maximum atomic E-state index is 10.8. The molecule has 6 nitrogen and oxygen atoms in total. The molecule has 0 spiro atoms. The summed E-state index contributed by atoms with van der Waals surface area (Å²) in [4.78, 5) is 10.8. The molecule has 136 valence electrons. The van der Waals surface area contributed by atoms with E-state index < -0.39 is 11.9 Å². The highest BCUT2D eigenvalue weighted by atomic mass is 16.5. The van der Waals surface area contributed by atoms with Gasteiger partial charge in [0.15, 0.2) is 23.0 Å². The molecule has 0 fully saturated rings. The van der Waals surface area contributed by atoms with Crippen molar-refractivity contribution in [2.45, 2.75) is 5.92 Å². The lowest BCUT2D eigenvalue weighted by Gasteiger charge is -2.19. The summed E-state index contributed by atoms with van der Waals surface area (Å²) in [7, 11) is 2.86. The van der Waals surface area contributed by atoms with E-state index in [1.54, 1.807) is 24.3 Å². The molecule has 0 bridgehead atoms. The predicted molar refractivity (Wildman–Crippen MR) is 98.0 cm³/mol. The van der Waals surface area contributed by atoms with Gasteiger partial charge in [-0.1, -0.05) is 12.1 Å². The van der Waals surface area contributed by atoms with Gasteiger partial charge in [0, 0.05) is 17.6 Å². The predicted octanol–water partition coefficient (Wildman–Crippen LogP) is 3.53. The average molecular weight is 356 g/mol. The van der Waals surface area contributed by atoms with Crippen LogP contribution in [0.4, 0.5) is 0 Å². The number of aromatic hydroxyl groups is 2. The maximum Gasteiger partial charge on any atom is 0.328 e. The number of aliphatic carboxylic acids is 1. The van der Waals surface area contributed by atoms with Gasteiger partial charge in [-0.2, -0.15) is 0 Å². The SMILES string of the molecule is C=CC(c1ccc(O)c(OC)c1)c1cc(C=CC(=O)O)cc(OC)c1O. The lowest BCUT2D eigenvalue weighted by atomic mass is 9.89. The number of ether oxygens (including phenoxy) is 2. The van der Waals surface area contributed by atoms with Crippen LogP contribution in [-0.4, -0.2) is 35.5 Å². The number of benzene rings is 2. The molecule has 0 aliphatic carbocycles. The molecular weight excluding hydrogens is 336 g/mol. The fraction of sp³-hybridized carbons (Fsp3) is 0.150. The van der Waals surface area contributed by atoms with Crippen LogP contribution in [0.1, 0.15) is 22.6 Å².